The Kier molecular flexibility index (Phi) is 5.83. The van der Waals surface area contributed by atoms with E-state index in [0.29, 0.717) is 34.1 Å². The van der Waals surface area contributed by atoms with Crippen LogP contribution >= 0.6 is 11.6 Å². The molecule has 0 spiro atoms. The molecule has 9 heteroatoms. The molecule has 0 unspecified atom stereocenters. The van der Waals surface area contributed by atoms with Gasteiger partial charge in [0.1, 0.15) is 11.6 Å². The Morgan fingerprint density at radius 3 is 2.50 bits per heavy atom. The van der Waals surface area contributed by atoms with Gasteiger partial charge in [0.05, 0.1) is 22.7 Å². The molecule has 0 radical (unpaired) electrons. The van der Waals surface area contributed by atoms with Crippen molar-refractivity contribution in [2.45, 2.75) is 24.3 Å². The van der Waals surface area contributed by atoms with Gasteiger partial charge in [-0.2, -0.15) is 0 Å². The van der Waals surface area contributed by atoms with Crippen molar-refractivity contribution >= 4 is 38.9 Å². The zero-order chi connectivity index (χ0) is 23.0. The predicted octanol–water partition coefficient (Wildman–Crippen LogP) is 4.88. The molecule has 3 aromatic carbocycles. The van der Waals surface area contributed by atoms with Gasteiger partial charge in [0.25, 0.3) is 15.9 Å². The molecular weight excluding hydrogens is 455 g/mol. The zero-order valence-electron chi connectivity index (χ0n) is 17.3. The number of hydrogen-bond acceptors (Lipinski definition) is 4. The van der Waals surface area contributed by atoms with E-state index < -0.39 is 15.8 Å². The van der Waals surface area contributed by atoms with Gasteiger partial charge in [-0.05, 0) is 79.6 Å². The first-order valence-corrected chi connectivity index (χ1v) is 11.6. The summed E-state index contributed by atoms with van der Waals surface area (Å²) < 4.78 is 46.0. The Balaban J connectivity index is 1.60. The molecule has 0 saturated heterocycles. The van der Waals surface area contributed by atoms with Crippen molar-refractivity contribution in [2.24, 2.45) is 0 Å². The Morgan fingerprint density at radius 2 is 1.84 bits per heavy atom. The molecule has 1 aliphatic heterocycles. The first kappa shape index (κ1) is 22.1. The number of anilines is 2. The fourth-order valence-electron chi connectivity index (χ4n) is 3.78. The minimum Gasteiger partial charge on any atom is -0.495 e. The summed E-state index contributed by atoms with van der Waals surface area (Å²) in [6.07, 6.45) is 0.450. The van der Waals surface area contributed by atoms with Gasteiger partial charge in [-0.15, -0.1) is 0 Å². The molecule has 1 atom stereocenters. The first-order valence-electron chi connectivity index (χ1n) is 9.78. The third-order valence-corrected chi connectivity index (χ3v) is 7.51. The van der Waals surface area contributed by atoms with Gasteiger partial charge in [-0.3, -0.25) is 9.10 Å². The van der Waals surface area contributed by atoms with Gasteiger partial charge in [0, 0.05) is 17.3 Å². The topological polar surface area (TPSA) is 75.7 Å². The number of carbonyl (C=O) groups excluding carboxylic acids is 1. The van der Waals surface area contributed by atoms with E-state index in [9.17, 15) is 17.6 Å². The summed E-state index contributed by atoms with van der Waals surface area (Å²) in [4.78, 5) is 12.8. The second kappa shape index (κ2) is 8.44. The SMILES string of the molecule is COc1ccc(NC(=O)c2ccc3c(c2)C[C@@H](C)N3S(=O)(=O)c2ccc(F)cc2)cc1Cl. The molecule has 0 aliphatic carbocycles. The van der Waals surface area contributed by atoms with Crippen LogP contribution in [0, 0.1) is 5.82 Å². The van der Waals surface area contributed by atoms with Crippen molar-refractivity contribution in [1.82, 2.24) is 0 Å². The third kappa shape index (κ3) is 4.03. The molecule has 1 aliphatic rings. The summed E-state index contributed by atoms with van der Waals surface area (Å²) in [5, 5.41) is 3.15. The number of nitrogens with one attached hydrogen (secondary N) is 1. The number of hydrogen-bond donors (Lipinski definition) is 1. The molecule has 32 heavy (non-hydrogen) atoms. The first-order chi connectivity index (χ1) is 15.2. The molecule has 6 nitrogen and oxygen atoms in total. The van der Waals surface area contributed by atoms with Gasteiger partial charge in [0.15, 0.2) is 0 Å². The molecule has 0 saturated carbocycles. The maximum atomic E-state index is 13.2. The van der Waals surface area contributed by atoms with Crippen molar-refractivity contribution < 1.29 is 22.3 Å². The number of rotatable bonds is 5. The van der Waals surface area contributed by atoms with Crippen LogP contribution in [0.5, 0.6) is 5.75 Å². The lowest BCUT2D eigenvalue weighted by Crippen LogP contribution is -2.35. The van der Waals surface area contributed by atoms with E-state index in [4.69, 9.17) is 16.3 Å². The highest BCUT2D eigenvalue weighted by Crippen LogP contribution is 2.37. The van der Waals surface area contributed by atoms with Crippen LogP contribution in [0.15, 0.2) is 65.6 Å². The number of methoxy groups -OCH3 is 1. The molecule has 0 aromatic heterocycles. The molecule has 1 N–H and O–H groups in total. The number of amides is 1. The lowest BCUT2D eigenvalue weighted by molar-refractivity contribution is 0.102. The second-order valence-corrected chi connectivity index (χ2v) is 9.68. The lowest BCUT2D eigenvalue weighted by atomic mass is 10.1. The maximum absolute atomic E-state index is 13.2. The van der Waals surface area contributed by atoms with Crippen molar-refractivity contribution in [1.29, 1.82) is 0 Å². The lowest BCUT2D eigenvalue weighted by Gasteiger charge is -2.24. The Hall–Kier alpha value is -3.10. The van der Waals surface area contributed by atoms with Crippen molar-refractivity contribution in [2.75, 3.05) is 16.7 Å². The molecule has 3 aromatic rings. The average Bonchev–Trinajstić information content (AvgIpc) is 3.09. The van der Waals surface area contributed by atoms with Crippen molar-refractivity contribution in [3.63, 3.8) is 0 Å². The number of halogens is 2. The van der Waals surface area contributed by atoms with Crippen LogP contribution in [0.2, 0.25) is 5.02 Å². The summed E-state index contributed by atoms with van der Waals surface area (Å²) in [6.45, 7) is 1.79. The number of carbonyl (C=O) groups is 1. The van der Waals surface area contributed by atoms with Crippen molar-refractivity contribution in [3.8, 4) is 5.75 Å². The van der Waals surface area contributed by atoms with E-state index >= 15 is 0 Å². The number of nitrogens with zero attached hydrogens (tertiary/aromatic N) is 1. The van der Waals surface area contributed by atoms with Gasteiger partial charge in [0.2, 0.25) is 0 Å². The predicted molar refractivity (Wildman–Crippen MR) is 122 cm³/mol. The minimum atomic E-state index is -3.87. The van der Waals surface area contributed by atoms with Gasteiger partial charge in [-0.25, -0.2) is 12.8 Å². The van der Waals surface area contributed by atoms with Crippen molar-refractivity contribution in [3.05, 3.63) is 82.6 Å². The fourth-order valence-corrected chi connectivity index (χ4v) is 5.73. The molecule has 0 fully saturated rings. The summed E-state index contributed by atoms with van der Waals surface area (Å²) in [7, 11) is -2.37. The van der Waals surface area contributed by atoms with Crippen LogP contribution in [0.25, 0.3) is 0 Å². The summed E-state index contributed by atoms with van der Waals surface area (Å²) in [6, 6.07) is 14.2. The van der Waals surface area contributed by atoms with Crippen LogP contribution in [0.4, 0.5) is 15.8 Å². The zero-order valence-corrected chi connectivity index (χ0v) is 18.9. The summed E-state index contributed by atoms with van der Waals surface area (Å²) in [5.74, 6) is -0.354. The Bertz CT molecular complexity index is 1300. The summed E-state index contributed by atoms with van der Waals surface area (Å²) in [5.41, 5.74) is 2.15. The van der Waals surface area contributed by atoms with E-state index in [-0.39, 0.29) is 16.8 Å². The molecule has 0 bridgehead atoms. The normalized spacial score (nSPS) is 15.4. The van der Waals surface area contributed by atoms with Crippen LogP contribution in [0.1, 0.15) is 22.8 Å². The van der Waals surface area contributed by atoms with Crippen LogP contribution in [0.3, 0.4) is 0 Å². The highest BCUT2D eigenvalue weighted by Gasteiger charge is 2.36. The van der Waals surface area contributed by atoms with E-state index in [2.05, 4.69) is 5.32 Å². The average molecular weight is 475 g/mol. The molecular formula is C23H20ClFN2O4S. The van der Waals surface area contributed by atoms with Crippen LogP contribution in [-0.2, 0) is 16.4 Å². The monoisotopic (exact) mass is 474 g/mol. The summed E-state index contributed by atoms with van der Waals surface area (Å²) >= 11 is 6.11. The highest BCUT2D eigenvalue weighted by atomic mass is 35.5. The van der Waals surface area contributed by atoms with E-state index in [1.54, 1.807) is 43.3 Å². The van der Waals surface area contributed by atoms with E-state index in [1.165, 1.54) is 23.5 Å². The fraction of sp³-hybridized carbons (Fsp3) is 0.174. The minimum absolute atomic E-state index is 0.0109. The second-order valence-electron chi connectivity index (χ2n) is 7.45. The number of sulfonamides is 1. The molecule has 4 rings (SSSR count). The molecule has 1 amide bonds. The highest BCUT2D eigenvalue weighted by molar-refractivity contribution is 7.92. The van der Waals surface area contributed by atoms with E-state index in [1.807, 2.05) is 0 Å². The Labute approximate surface area is 190 Å². The van der Waals surface area contributed by atoms with E-state index in [0.717, 1.165) is 17.7 Å². The van der Waals surface area contributed by atoms with Gasteiger partial charge < -0.3 is 10.1 Å². The maximum Gasteiger partial charge on any atom is 0.264 e. The number of ether oxygens (including phenoxy) is 1. The van der Waals surface area contributed by atoms with Gasteiger partial charge in [-0.1, -0.05) is 11.6 Å². The third-order valence-electron chi connectivity index (χ3n) is 5.27. The van der Waals surface area contributed by atoms with Crippen LogP contribution < -0.4 is 14.4 Å². The smallest absolute Gasteiger partial charge is 0.264 e. The molecule has 1 heterocycles. The van der Waals surface area contributed by atoms with Crippen LogP contribution in [-0.4, -0.2) is 27.5 Å². The standard InChI is InChI=1S/C23H20ClFN2O4S/c1-14-11-16-12-15(23(28)26-18-6-10-22(31-2)20(24)13-18)3-9-21(16)27(14)32(29,30)19-7-4-17(25)5-8-19/h3-10,12-14H,11H2,1-2H3,(H,26,28)/t14-/m1/s1. The Morgan fingerprint density at radius 1 is 1.12 bits per heavy atom. The molecule has 166 valence electrons. The number of fused-ring (bicyclic) bond motifs is 1. The number of benzene rings is 3. The quantitative estimate of drug-likeness (QED) is 0.571. The largest absolute Gasteiger partial charge is 0.495 e. The van der Waals surface area contributed by atoms with Gasteiger partial charge >= 0.3 is 0 Å².